The van der Waals surface area contributed by atoms with Gasteiger partial charge in [0.05, 0.1) is 6.04 Å². The van der Waals surface area contributed by atoms with Gasteiger partial charge in [0.25, 0.3) is 0 Å². The minimum atomic E-state index is -4.76. The minimum Gasteiger partial charge on any atom is -0.406 e. The van der Waals surface area contributed by atoms with E-state index in [-0.39, 0.29) is 19.1 Å². The van der Waals surface area contributed by atoms with Gasteiger partial charge >= 0.3 is 6.36 Å². The number of amides is 1. The van der Waals surface area contributed by atoms with Crippen molar-refractivity contribution in [2.75, 3.05) is 19.6 Å². The summed E-state index contributed by atoms with van der Waals surface area (Å²) in [5.41, 5.74) is 0.442. The van der Waals surface area contributed by atoms with E-state index in [1.807, 2.05) is 0 Å². The van der Waals surface area contributed by atoms with Crippen LogP contribution in [0.5, 0.6) is 5.75 Å². The Balaban J connectivity index is 0.00000480. The highest BCUT2D eigenvalue weighted by molar-refractivity contribution is 5.76. The van der Waals surface area contributed by atoms with Crippen molar-refractivity contribution >= 4 is 5.91 Å². The van der Waals surface area contributed by atoms with E-state index in [1.165, 1.54) is 24.3 Å². The summed E-state index contributed by atoms with van der Waals surface area (Å²) in [7, 11) is 0. The third kappa shape index (κ3) is 10.4. The molecular formula is C23H37F3N2O3. The van der Waals surface area contributed by atoms with Crippen molar-refractivity contribution in [2.45, 2.75) is 84.2 Å². The van der Waals surface area contributed by atoms with Crippen LogP contribution in [0.3, 0.4) is 0 Å². The van der Waals surface area contributed by atoms with Gasteiger partial charge in [0.1, 0.15) is 11.9 Å². The maximum atomic E-state index is 12.4. The summed E-state index contributed by atoms with van der Waals surface area (Å²) in [5.74, 6) is -0.447. The minimum absolute atomic E-state index is 0. The van der Waals surface area contributed by atoms with Crippen LogP contribution < -0.4 is 10.1 Å². The van der Waals surface area contributed by atoms with Crippen molar-refractivity contribution in [1.29, 1.82) is 0 Å². The molecule has 2 rings (SSSR count). The van der Waals surface area contributed by atoms with Crippen LogP contribution in [-0.4, -0.2) is 48.0 Å². The summed E-state index contributed by atoms with van der Waals surface area (Å²) in [5, 5.41) is 13.8. The highest BCUT2D eigenvalue weighted by Crippen LogP contribution is 2.26. The maximum Gasteiger partial charge on any atom is 0.573 e. The molecule has 1 fully saturated rings. The number of nitrogens with zero attached hydrogens (tertiary/aromatic N) is 1. The number of carbonyl (C=O) groups excluding carboxylic acids is 1. The number of hydrogen-bond donors (Lipinski definition) is 2. The van der Waals surface area contributed by atoms with Crippen LogP contribution in [-0.2, 0) is 4.79 Å². The van der Waals surface area contributed by atoms with Crippen LogP contribution in [0.1, 0.15) is 77.4 Å². The van der Waals surface area contributed by atoms with Gasteiger partial charge in [-0.2, -0.15) is 0 Å². The molecule has 31 heavy (non-hydrogen) atoms. The predicted octanol–water partition coefficient (Wildman–Crippen LogP) is 5.20. The van der Waals surface area contributed by atoms with Crippen molar-refractivity contribution in [3.8, 4) is 5.75 Å². The van der Waals surface area contributed by atoms with Crippen molar-refractivity contribution in [3.63, 3.8) is 0 Å². The van der Waals surface area contributed by atoms with Gasteiger partial charge in [-0.15, -0.1) is 13.2 Å². The fourth-order valence-corrected chi connectivity index (χ4v) is 3.73. The van der Waals surface area contributed by atoms with E-state index in [0.717, 1.165) is 58.0 Å². The molecule has 5 nitrogen and oxygen atoms in total. The Bertz CT molecular complexity index is 632. The molecule has 2 atom stereocenters. The Hall–Kier alpha value is -1.80. The van der Waals surface area contributed by atoms with Crippen LogP contribution in [0.2, 0.25) is 0 Å². The van der Waals surface area contributed by atoms with Gasteiger partial charge in [-0.05, 0) is 50.0 Å². The number of nitrogens with one attached hydrogen (secondary N) is 1. The van der Waals surface area contributed by atoms with E-state index in [9.17, 15) is 23.1 Å². The average Bonchev–Trinajstić information content (AvgIpc) is 3.19. The third-order valence-electron chi connectivity index (χ3n) is 5.34. The van der Waals surface area contributed by atoms with Crippen molar-refractivity contribution in [3.05, 3.63) is 29.8 Å². The van der Waals surface area contributed by atoms with Crippen molar-refractivity contribution in [1.82, 2.24) is 10.2 Å². The monoisotopic (exact) mass is 446 g/mol. The highest BCUT2D eigenvalue weighted by atomic mass is 19.4. The summed E-state index contributed by atoms with van der Waals surface area (Å²) in [6.45, 7) is 4.46. The first-order valence-corrected chi connectivity index (χ1v) is 10.8. The van der Waals surface area contributed by atoms with Gasteiger partial charge in [0.15, 0.2) is 0 Å². The second kappa shape index (κ2) is 13.6. The Kier molecular flexibility index (Phi) is 11.9. The van der Waals surface area contributed by atoms with Crippen LogP contribution in [0, 0.1) is 0 Å². The fourth-order valence-electron chi connectivity index (χ4n) is 3.73. The van der Waals surface area contributed by atoms with Gasteiger partial charge in [0, 0.05) is 13.0 Å². The second-order valence-electron chi connectivity index (χ2n) is 7.91. The quantitative estimate of drug-likeness (QED) is 0.434. The molecule has 0 spiro atoms. The molecule has 1 aliphatic rings. The second-order valence-corrected chi connectivity index (χ2v) is 7.91. The Morgan fingerprint density at radius 1 is 1.13 bits per heavy atom. The van der Waals surface area contributed by atoms with E-state index < -0.39 is 18.5 Å². The Morgan fingerprint density at radius 3 is 2.32 bits per heavy atom. The average molecular weight is 447 g/mol. The molecule has 8 heteroatoms. The molecule has 1 saturated heterocycles. The molecular weight excluding hydrogens is 409 g/mol. The van der Waals surface area contributed by atoms with E-state index in [2.05, 4.69) is 21.9 Å². The number of benzene rings is 1. The molecule has 0 saturated carbocycles. The lowest BCUT2D eigenvalue weighted by atomic mass is 10.0. The molecule has 0 bridgehead atoms. The van der Waals surface area contributed by atoms with Crippen molar-refractivity contribution in [2.24, 2.45) is 0 Å². The molecule has 1 aromatic carbocycles. The summed E-state index contributed by atoms with van der Waals surface area (Å²) >= 11 is 0. The zero-order valence-electron chi connectivity index (χ0n) is 17.6. The number of rotatable bonds is 12. The number of likely N-dealkylation sites (tertiary alicyclic amines) is 1. The molecule has 178 valence electrons. The Labute approximate surface area is 184 Å². The van der Waals surface area contributed by atoms with Crippen LogP contribution in [0.4, 0.5) is 13.2 Å². The van der Waals surface area contributed by atoms with Crippen molar-refractivity contribution < 1.29 is 27.8 Å². The first kappa shape index (κ1) is 27.2. The lowest BCUT2D eigenvalue weighted by molar-refractivity contribution is -0.274. The maximum absolute atomic E-state index is 12.4. The Morgan fingerprint density at radius 2 is 1.74 bits per heavy atom. The van der Waals surface area contributed by atoms with Gasteiger partial charge in [-0.1, -0.05) is 52.2 Å². The highest BCUT2D eigenvalue weighted by Gasteiger charge is 2.31. The number of hydrogen-bond acceptors (Lipinski definition) is 4. The van der Waals surface area contributed by atoms with E-state index in [0.29, 0.717) is 18.5 Å². The zero-order chi connectivity index (χ0) is 22.0. The molecule has 1 aromatic rings. The lowest BCUT2D eigenvalue weighted by Crippen LogP contribution is -2.46. The van der Waals surface area contributed by atoms with Crippen LogP contribution >= 0.6 is 0 Å². The molecule has 1 heterocycles. The topological polar surface area (TPSA) is 61.8 Å². The van der Waals surface area contributed by atoms with Gasteiger partial charge < -0.3 is 20.1 Å². The molecule has 1 amide bonds. The first-order valence-electron chi connectivity index (χ1n) is 10.8. The number of unbranched alkanes of at least 4 members (excludes halogenated alkanes) is 4. The smallest absolute Gasteiger partial charge is 0.406 e. The number of alkyl halides is 3. The zero-order valence-corrected chi connectivity index (χ0v) is 17.6. The SMILES string of the molecule is C.CCCCCCCC(=O)N[C@H](CN1CCCC1)[C@@H](O)c1ccc(OC(F)(F)F)cc1. The summed E-state index contributed by atoms with van der Waals surface area (Å²) in [4.78, 5) is 14.6. The predicted molar refractivity (Wildman–Crippen MR) is 116 cm³/mol. The van der Waals surface area contributed by atoms with Gasteiger partial charge in [-0.3, -0.25) is 4.79 Å². The molecule has 0 aromatic heterocycles. The molecule has 0 unspecified atom stereocenters. The number of aliphatic hydroxyl groups excluding tert-OH is 1. The largest absolute Gasteiger partial charge is 0.573 e. The van der Waals surface area contributed by atoms with Gasteiger partial charge in [0.2, 0.25) is 5.91 Å². The summed E-state index contributed by atoms with van der Waals surface area (Å²) in [6.07, 6.45) is 2.01. The summed E-state index contributed by atoms with van der Waals surface area (Å²) in [6, 6.07) is 4.63. The molecule has 2 N–H and O–H groups in total. The normalized spacial score (nSPS) is 16.4. The van der Waals surface area contributed by atoms with E-state index in [1.54, 1.807) is 0 Å². The number of carbonyl (C=O) groups is 1. The fraction of sp³-hybridized carbons (Fsp3) is 0.696. The molecule has 0 radical (unpaired) electrons. The molecule has 1 aliphatic heterocycles. The molecule has 0 aliphatic carbocycles. The van der Waals surface area contributed by atoms with E-state index >= 15 is 0 Å². The first-order chi connectivity index (χ1) is 14.3. The van der Waals surface area contributed by atoms with E-state index in [4.69, 9.17) is 0 Å². The van der Waals surface area contributed by atoms with Crippen LogP contribution in [0.15, 0.2) is 24.3 Å². The number of aliphatic hydroxyl groups is 1. The van der Waals surface area contributed by atoms with Crippen LogP contribution in [0.25, 0.3) is 0 Å². The lowest BCUT2D eigenvalue weighted by Gasteiger charge is -2.29. The number of halogens is 3. The van der Waals surface area contributed by atoms with Gasteiger partial charge in [-0.25, -0.2) is 0 Å². The third-order valence-corrected chi connectivity index (χ3v) is 5.34. The summed E-state index contributed by atoms with van der Waals surface area (Å²) < 4.78 is 40.9. The number of ether oxygens (including phenoxy) is 1. The standard InChI is InChI=1S/C22H33F3N2O3.CH4/c1-2-3-4-5-6-9-20(28)26-19(16-27-14-7-8-15-27)21(29)17-10-12-18(13-11-17)30-22(23,24)25;/h10-13,19,21,29H,2-9,14-16H2,1H3,(H,26,28);1H4/t19-,21+;/m1./s1.